The van der Waals surface area contributed by atoms with Crippen molar-refractivity contribution in [1.29, 1.82) is 0 Å². The maximum atomic E-state index is 12.2. The largest absolute Gasteiger partial charge is 0.456 e. The fraction of sp³-hybridized carbons (Fsp3) is 0.889. The lowest BCUT2D eigenvalue weighted by Gasteiger charge is -2.18. The summed E-state index contributed by atoms with van der Waals surface area (Å²) in [7, 11) is 0.639. The summed E-state index contributed by atoms with van der Waals surface area (Å²) in [5.74, 6) is -3.64. The van der Waals surface area contributed by atoms with E-state index in [0.29, 0.717) is 17.8 Å². The van der Waals surface area contributed by atoms with E-state index in [1.165, 1.54) is 0 Å². The van der Waals surface area contributed by atoms with Gasteiger partial charge in [-0.25, -0.2) is 8.78 Å². The second-order valence-corrected chi connectivity index (χ2v) is 5.88. The Labute approximate surface area is 87.4 Å². The van der Waals surface area contributed by atoms with Crippen LogP contribution in [0.25, 0.3) is 0 Å². The van der Waals surface area contributed by atoms with E-state index in [-0.39, 0.29) is 0 Å². The van der Waals surface area contributed by atoms with Crippen LogP contribution in [0.4, 0.5) is 8.78 Å². The van der Waals surface area contributed by atoms with Gasteiger partial charge < -0.3 is 4.74 Å². The van der Waals surface area contributed by atoms with E-state index in [1.54, 1.807) is 0 Å². The molecule has 0 radical (unpaired) electrons. The molecule has 0 heterocycles. The molecule has 0 rings (SSSR count). The van der Waals surface area contributed by atoms with Crippen LogP contribution in [0.2, 0.25) is 0 Å². The van der Waals surface area contributed by atoms with Gasteiger partial charge in [-0.15, -0.1) is 0 Å². The van der Waals surface area contributed by atoms with Crippen LogP contribution in [0, 0.1) is 0 Å². The summed E-state index contributed by atoms with van der Waals surface area (Å²) in [6.07, 6.45) is 5.24. The lowest BCUT2D eigenvalue weighted by molar-refractivity contribution is -0.164. The molecule has 86 valence electrons. The molecule has 0 bridgehead atoms. The highest BCUT2D eigenvalue weighted by Gasteiger charge is 2.32. The lowest BCUT2D eigenvalue weighted by atomic mass is 10.2. The van der Waals surface area contributed by atoms with Gasteiger partial charge >= 0.3 is 5.97 Å². The highest BCUT2D eigenvalue weighted by molar-refractivity contribution is 7.94. The zero-order valence-electron chi connectivity index (χ0n) is 9.56. The van der Waals surface area contributed by atoms with E-state index in [2.05, 4.69) is 23.5 Å². The van der Waals surface area contributed by atoms with E-state index < -0.39 is 18.0 Å². The van der Waals surface area contributed by atoms with E-state index in [0.717, 1.165) is 13.8 Å². The summed E-state index contributed by atoms with van der Waals surface area (Å²) in [6, 6.07) is 0. The van der Waals surface area contributed by atoms with Crippen molar-refractivity contribution in [2.24, 2.45) is 0 Å². The van der Waals surface area contributed by atoms with Gasteiger partial charge in [0.15, 0.2) is 6.10 Å². The highest BCUT2D eigenvalue weighted by atomic mass is 32.2. The van der Waals surface area contributed by atoms with Crippen LogP contribution in [0.3, 0.4) is 0 Å². The second-order valence-electron chi connectivity index (χ2n) is 3.43. The summed E-state index contributed by atoms with van der Waals surface area (Å²) in [5, 5.41) is 0. The van der Waals surface area contributed by atoms with Gasteiger partial charge in [-0.3, -0.25) is 4.79 Å². The van der Waals surface area contributed by atoms with Gasteiger partial charge in [-0.2, -0.15) is 0 Å². The first kappa shape index (κ1) is 16.1. The van der Waals surface area contributed by atoms with Crippen molar-refractivity contribution in [3.05, 3.63) is 0 Å². The molecule has 0 aromatic rings. The normalized spacial score (nSPS) is 12.9. The first-order valence-electron chi connectivity index (χ1n) is 4.11. The van der Waals surface area contributed by atoms with Crippen molar-refractivity contribution in [1.82, 2.24) is 0 Å². The molecule has 1 unspecified atom stereocenters. The third kappa shape index (κ3) is 14.2. The average molecular weight is 229 g/mol. The Morgan fingerprint density at radius 2 is 1.64 bits per heavy atom. The Kier molecular flexibility index (Phi) is 8.10. The Morgan fingerprint density at radius 1 is 1.36 bits per heavy atom. The molecule has 0 spiro atoms. The van der Waals surface area contributed by atoms with E-state index >= 15 is 0 Å². The fourth-order valence-electron chi connectivity index (χ4n) is 0.352. The molecule has 0 amide bonds. The van der Waals surface area contributed by atoms with Gasteiger partial charge in [0.25, 0.3) is 5.92 Å². The molecule has 14 heavy (non-hydrogen) atoms. The van der Waals surface area contributed by atoms with Gasteiger partial charge in [0.2, 0.25) is 0 Å². The predicted molar refractivity (Wildman–Crippen MR) is 57.0 cm³/mol. The first-order chi connectivity index (χ1) is 6.07. The van der Waals surface area contributed by atoms with E-state index in [4.69, 9.17) is 0 Å². The number of alkyl halides is 2. The van der Waals surface area contributed by atoms with E-state index in [1.807, 2.05) is 0 Å². The zero-order chi connectivity index (χ0) is 11.9. The molecule has 0 saturated carbocycles. The van der Waals surface area contributed by atoms with Gasteiger partial charge in [-0.05, 0) is 17.8 Å². The second kappa shape index (κ2) is 7.04. The number of ether oxygens (including phenoxy) is 1. The minimum atomic E-state index is -2.95. The molecule has 0 saturated heterocycles. The molecule has 0 aromatic heterocycles. The van der Waals surface area contributed by atoms with Crippen molar-refractivity contribution in [2.45, 2.75) is 32.8 Å². The van der Waals surface area contributed by atoms with Crippen molar-refractivity contribution < 1.29 is 18.3 Å². The average Bonchev–Trinajstić information content (AvgIpc) is 1.81. The lowest BCUT2D eigenvalue weighted by Crippen LogP contribution is -2.31. The molecule has 5 heteroatoms. The summed E-state index contributed by atoms with van der Waals surface area (Å²) in [4.78, 5) is 10.1. The van der Waals surface area contributed by atoms with Crippen LogP contribution in [-0.4, -0.2) is 36.8 Å². The minimum Gasteiger partial charge on any atom is -0.456 e. The number of carbonyl (C=O) groups excluding carboxylic acids is 1. The van der Waals surface area contributed by atoms with Gasteiger partial charge in [-0.1, -0.05) is 0 Å². The van der Waals surface area contributed by atoms with E-state index in [9.17, 15) is 13.6 Å². The Hall–Kier alpha value is -0.320. The summed E-state index contributed by atoms with van der Waals surface area (Å²) in [5.41, 5.74) is 0. The Bertz CT molecular complexity index is 164. The maximum absolute atomic E-state index is 12.2. The standard InChI is InChI=1S/C6H10F2O2.C3H9S/c1-4(6(3,7)8)10-5(2)9;1-4(2)3/h4H,1-3H3;1-3H3/q;+1. The molecule has 0 aliphatic rings. The number of carbonyl (C=O) groups is 1. The van der Waals surface area contributed by atoms with Crippen molar-refractivity contribution in [3.8, 4) is 0 Å². The summed E-state index contributed by atoms with van der Waals surface area (Å²) >= 11 is 0. The smallest absolute Gasteiger partial charge is 0.303 e. The van der Waals surface area contributed by atoms with Crippen molar-refractivity contribution in [2.75, 3.05) is 18.8 Å². The summed E-state index contributed by atoms with van der Waals surface area (Å²) in [6.45, 7) is 2.96. The Morgan fingerprint density at radius 3 is 1.71 bits per heavy atom. The van der Waals surface area contributed by atoms with Crippen LogP contribution in [0.1, 0.15) is 20.8 Å². The molecule has 0 aliphatic heterocycles. The molecule has 0 aromatic carbocycles. The minimum absolute atomic E-state index is 0.639. The SMILES string of the molecule is CC(=O)OC(C)C(C)(F)F.C[S+](C)C. The number of esters is 1. The number of hydrogen-bond acceptors (Lipinski definition) is 2. The molecule has 0 fully saturated rings. The number of halogens is 2. The van der Waals surface area contributed by atoms with Crippen LogP contribution < -0.4 is 0 Å². The van der Waals surface area contributed by atoms with Gasteiger partial charge in [0.05, 0.1) is 18.8 Å². The van der Waals surface area contributed by atoms with Crippen molar-refractivity contribution in [3.63, 3.8) is 0 Å². The van der Waals surface area contributed by atoms with Crippen molar-refractivity contribution >= 4 is 16.9 Å². The molecule has 0 N–H and O–H groups in total. The van der Waals surface area contributed by atoms with Gasteiger partial charge in [0, 0.05) is 13.8 Å². The predicted octanol–water partition coefficient (Wildman–Crippen LogP) is 2.09. The van der Waals surface area contributed by atoms with Crippen LogP contribution >= 0.6 is 0 Å². The fourth-order valence-corrected chi connectivity index (χ4v) is 0.352. The highest BCUT2D eigenvalue weighted by Crippen LogP contribution is 2.19. The third-order valence-corrected chi connectivity index (χ3v) is 1.06. The molecular weight excluding hydrogens is 210 g/mol. The zero-order valence-corrected chi connectivity index (χ0v) is 10.4. The van der Waals surface area contributed by atoms with Crippen LogP contribution in [0.5, 0.6) is 0 Å². The summed E-state index contributed by atoms with van der Waals surface area (Å²) < 4.78 is 28.6. The molecule has 0 aliphatic carbocycles. The quantitative estimate of drug-likeness (QED) is 0.535. The molecule has 2 nitrogen and oxygen atoms in total. The molecule has 1 atom stereocenters. The first-order valence-corrected chi connectivity index (χ1v) is 6.56. The Balaban J connectivity index is 0. The number of rotatable bonds is 2. The van der Waals surface area contributed by atoms with Crippen LogP contribution in [0.15, 0.2) is 0 Å². The van der Waals surface area contributed by atoms with Crippen LogP contribution in [-0.2, 0) is 20.4 Å². The molecular formula is C9H19F2O2S+. The monoisotopic (exact) mass is 229 g/mol. The maximum Gasteiger partial charge on any atom is 0.303 e. The topological polar surface area (TPSA) is 26.3 Å². The van der Waals surface area contributed by atoms with Gasteiger partial charge in [0.1, 0.15) is 0 Å². The third-order valence-electron chi connectivity index (χ3n) is 1.06. The number of hydrogen-bond donors (Lipinski definition) is 0.